The summed E-state index contributed by atoms with van der Waals surface area (Å²) in [6, 6.07) is 8.29. The SMILES string of the molecule is Cl.O=C(CCC1CCNCC1)NCCc1c[nH]c2ccccc12. The molecule has 0 unspecified atom stereocenters. The van der Waals surface area contributed by atoms with E-state index in [2.05, 4.69) is 33.8 Å². The maximum Gasteiger partial charge on any atom is 0.220 e. The van der Waals surface area contributed by atoms with Crippen LogP contribution in [0.25, 0.3) is 10.9 Å². The van der Waals surface area contributed by atoms with Gasteiger partial charge < -0.3 is 15.6 Å². The van der Waals surface area contributed by atoms with Gasteiger partial charge in [-0.05, 0) is 56.3 Å². The number of para-hydroxylation sites is 1. The molecule has 23 heavy (non-hydrogen) atoms. The van der Waals surface area contributed by atoms with Crippen LogP contribution in [-0.4, -0.2) is 30.5 Å². The van der Waals surface area contributed by atoms with Gasteiger partial charge >= 0.3 is 0 Å². The average molecular weight is 336 g/mol. The number of hydrogen-bond acceptors (Lipinski definition) is 2. The molecule has 3 rings (SSSR count). The van der Waals surface area contributed by atoms with Crippen LogP contribution >= 0.6 is 12.4 Å². The van der Waals surface area contributed by atoms with Gasteiger partial charge in [-0.15, -0.1) is 12.4 Å². The first-order valence-electron chi connectivity index (χ1n) is 8.35. The Kier molecular flexibility index (Phi) is 6.93. The van der Waals surface area contributed by atoms with Gasteiger partial charge in [-0.1, -0.05) is 18.2 Å². The molecule has 1 aromatic heterocycles. The third-order valence-electron chi connectivity index (χ3n) is 4.63. The Balaban J connectivity index is 0.00000192. The number of amides is 1. The van der Waals surface area contributed by atoms with E-state index in [1.165, 1.54) is 23.8 Å². The highest BCUT2D eigenvalue weighted by Gasteiger charge is 2.14. The van der Waals surface area contributed by atoms with Gasteiger partial charge in [0, 0.05) is 30.1 Å². The quantitative estimate of drug-likeness (QED) is 0.760. The fourth-order valence-corrected chi connectivity index (χ4v) is 3.27. The van der Waals surface area contributed by atoms with E-state index in [1.54, 1.807) is 0 Å². The van der Waals surface area contributed by atoms with Crippen LogP contribution in [0.4, 0.5) is 0 Å². The van der Waals surface area contributed by atoms with E-state index in [0.29, 0.717) is 13.0 Å². The number of piperidine rings is 1. The van der Waals surface area contributed by atoms with Crippen molar-refractivity contribution in [2.45, 2.75) is 32.1 Å². The molecule has 0 radical (unpaired) electrons. The Morgan fingerprint density at radius 2 is 2.00 bits per heavy atom. The van der Waals surface area contributed by atoms with Crippen molar-refractivity contribution in [2.75, 3.05) is 19.6 Å². The van der Waals surface area contributed by atoms with Crippen molar-refractivity contribution in [2.24, 2.45) is 5.92 Å². The molecule has 4 nitrogen and oxygen atoms in total. The number of aromatic nitrogens is 1. The summed E-state index contributed by atoms with van der Waals surface area (Å²) in [4.78, 5) is 15.2. The number of fused-ring (bicyclic) bond motifs is 1. The van der Waals surface area contributed by atoms with Crippen LogP contribution in [0.2, 0.25) is 0 Å². The highest BCUT2D eigenvalue weighted by atomic mass is 35.5. The number of carbonyl (C=O) groups excluding carboxylic acids is 1. The van der Waals surface area contributed by atoms with Crippen molar-refractivity contribution in [3.8, 4) is 0 Å². The Labute approximate surface area is 143 Å². The van der Waals surface area contributed by atoms with Crippen LogP contribution in [0, 0.1) is 5.92 Å². The maximum absolute atomic E-state index is 11.9. The molecule has 1 aromatic carbocycles. The average Bonchev–Trinajstić information content (AvgIpc) is 2.97. The van der Waals surface area contributed by atoms with Gasteiger partial charge in [-0.3, -0.25) is 4.79 Å². The fourth-order valence-electron chi connectivity index (χ4n) is 3.27. The van der Waals surface area contributed by atoms with E-state index < -0.39 is 0 Å². The summed E-state index contributed by atoms with van der Waals surface area (Å²) in [6.45, 7) is 2.92. The zero-order valence-corrected chi connectivity index (χ0v) is 14.3. The minimum Gasteiger partial charge on any atom is -0.361 e. The maximum atomic E-state index is 11.9. The van der Waals surface area contributed by atoms with Gasteiger partial charge in [0.1, 0.15) is 0 Å². The molecule has 1 fully saturated rings. The van der Waals surface area contributed by atoms with Gasteiger partial charge in [0.25, 0.3) is 0 Å². The highest BCUT2D eigenvalue weighted by Crippen LogP contribution is 2.18. The molecule has 1 amide bonds. The number of nitrogens with one attached hydrogen (secondary N) is 3. The van der Waals surface area contributed by atoms with Gasteiger partial charge in [0.2, 0.25) is 5.91 Å². The molecule has 5 heteroatoms. The first-order valence-corrected chi connectivity index (χ1v) is 8.35. The lowest BCUT2D eigenvalue weighted by atomic mass is 9.93. The second-order valence-corrected chi connectivity index (χ2v) is 6.19. The van der Waals surface area contributed by atoms with Crippen molar-refractivity contribution in [3.63, 3.8) is 0 Å². The molecule has 1 aliphatic heterocycles. The largest absolute Gasteiger partial charge is 0.361 e. The molecular formula is C18H26ClN3O. The molecule has 0 atom stereocenters. The van der Waals surface area contributed by atoms with E-state index in [4.69, 9.17) is 0 Å². The lowest BCUT2D eigenvalue weighted by Crippen LogP contribution is -2.30. The minimum absolute atomic E-state index is 0. The molecule has 3 N–H and O–H groups in total. The number of halogens is 1. The smallest absolute Gasteiger partial charge is 0.220 e. The van der Waals surface area contributed by atoms with Crippen LogP contribution < -0.4 is 10.6 Å². The van der Waals surface area contributed by atoms with E-state index >= 15 is 0 Å². The Bertz CT molecular complexity index is 620. The summed E-state index contributed by atoms with van der Waals surface area (Å²) in [5.41, 5.74) is 2.43. The standard InChI is InChI=1S/C18H25N3O.ClH/c22-18(6-5-14-7-10-19-11-8-14)20-12-9-15-13-21-17-4-2-1-3-16(15)17;/h1-4,13-14,19,21H,5-12H2,(H,20,22);1H. The van der Waals surface area contributed by atoms with Gasteiger partial charge in [-0.2, -0.15) is 0 Å². The number of rotatable bonds is 6. The summed E-state index contributed by atoms with van der Waals surface area (Å²) in [5, 5.41) is 7.68. The molecule has 0 bridgehead atoms. The molecule has 2 aromatic rings. The van der Waals surface area contributed by atoms with E-state index in [1.807, 2.05) is 12.3 Å². The van der Waals surface area contributed by atoms with Gasteiger partial charge in [-0.25, -0.2) is 0 Å². The number of aromatic amines is 1. The van der Waals surface area contributed by atoms with Crippen LogP contribution in [0.1, 0.15) is 31.2 Å². The fraction of sp³-hybridized carbons (Fsp3) is 0.500. The molecule has 1 aliphatic rings. The number of H-pyrrole nitrogens is 1. The van der Waals surface area contributed by atoms with Crippen molar-refractivity contribution in [3.05, 3.63) is 36.0 Å². The molecule has 1 saturated heterocycles. The van der Waals surface area contributed by atoms with Crippen LogP contribution in [0.5, 0.6) is 0 Å². The van der Waals surface area contributed by atoms with Crippen LogP contribution in [0.15, 0.2) is 30.5 Å². The Morgan fingerprint density at radius 3 is 2.83 bits per heavy atom. The third kappa shape index (κ3) is 4.98. The summed E-state index contributed by atoms with van der Waals surface area (Å²) >= 11 is 0. The number of carbonyl (C=O) groups is 1. The van der Waals surface area contributed by atoms with Crippen molar-refractivity contribution < 1.29 is 4.79 Å². The van der Waals surface area contributed by atoms with Gasteiger partial charge in [0.15, 0.2) is 0 Å². The normalized spacial score (nSPS) is 15.3. The molecule has 0 aliphatic carbocycles. The van der Waals surface area contributed by atoms with E-state index in [0.717, 1.165) is 37.4 Å². The van der Waals surface area contributed by atoms with Crippen molar-refractivity contribution >= 4 is 29.2 Å². The zero-order valence-electron chi connectivity index (χ0n) is 13.4. The number of hydrogen-bond donors (Lipinski definition) is 3. The van der Waals surface area contributed by atoms with E-state index in [9.17, 15) is 4.79 Å². The summed E-state index contributed by atoms with van der Waals surface area (Å²) < 4.78 is 0. The summed E-state index contributed by atoms with van der Waals surface area (Å²) in [7, 11) is 0. The topological polar surface area (TPSA) is 56.9 Å². The lowest BCUT2D eigenvalue weighted by Gasteiger charge is -2.22. The second kappa shape index (κ2) is 8.94. The lowest BCUT2D eigenvalue weighted by molar-refractivity contribution is -0.121. The molecule has 2 heterocycles. The second-order valence-electron chi connectivity index (χ2n) is 6.19. The Morgan fingerprint density at radius 1 is 1.22 bits per heavy atom. The molecule has 126 valence electrons. The number of benzene rings is 1. The monoisotopic (exact) mass is 335 g/mol. The molecule has 0 saturated carbocycles. The van der Waals surface area contributed by atoms with Crippen molar-refractivity contribution in [1.82, 2.24) is 15.6 Å². The molecular weight excluding hydrogens is 310 g/mol. The molecule has 0 spiro atoms. The van der Waals surface area contributed by atoms with Crippen molar-refractivity contribution in [1.29, 1.82) is 0 Å². The Hall–Kier alpha value is -1.52. The predicted octanol–water partition coefficient (Wildman–Crippen LogP) is 3.03. The van der Waals surface area contributed by atoms with Crippen LogP contribution in [0.3, 0.4) is 0 Å². The first-order chi connectivity index (χ1) is 10.8. The summed E-state index contributed by atoms with van der Waals surface area (Å²) in [5.74, 6) is 0.916. The van der Waals surface area contributed by atoms with Crippen LogP contribution in [-0.2, 0) is 11.2 Å². The first kappa shape index (κ1) is 17.8. The van der Waals surface area contributed by atoms with Gasteiger partial charge in [0.05, 0.1) is 0 Å². The zero-order chi connectivity index (χ0) is 15.2. The summed E-state index contributed by atoms with van der Waals surface area (Å²) in [6.07, 6.45) is 7.04. The minimum atomic E-state index is 0. The predicted molar refractivity (Wildman–Crippen MR) is 97.1 cm³/mol. The third-order valence-corrected chi connectivity index (χ3v) is 4.63. The highest BCUT2D eigenvalue weighted by molar-refractivity contribution is 5.85. The van der Waals surface area contributed by atoms with E-state index in [-0.39, 0.29) is 18.3 Å².